The fraction of sp³-hybridized carbons (Fsp3) is 0.929. The molecule has 2 saturated heterocycles. The van der Waals surface area contributed by atoms with E-state index >= 15 is 0 Å². The van der Waals surface area contributed by atoms with Crippen molar-refractivity contribution in [2.24, 2.45) is 23.0 Å². The number of nitrogens with two attached hydrogens (primary N) is 1. The van der Waals surface area contributed by atoms with Gasteiger partial charge >= 0.3 is 0 Å². The van der Waals surface area contributed by atoms with Gasteiger partial charge in [-0.3, -0.25) is 4.79 Å². The highest BCUT2D eigenvalue weighted by atomic mass is 16.1. The lowest BCUT2D eigenvalue weighted by Gasteiger charge is -2.23. The Balaban J connectivity index is 1.38. The van der Waals surface area contributed by atoms with Crippen molar-refractivity contribution in [3.05, 3.63) is 0 Å². The zero-order valence-corrected chi connectivity index (χ0v) is 10.9. The molecule has 4 fully saturated rings. The van der Waals surface area contributed by atoms with Crippen LogP contribution in [-0.4, -0.2) is 42.5 Å². The summed E-state index contributed by atoms with van der Waals surface area (Å²) < 4.78 is 0. The Morgan fingerprint density at radius 2 is 2.00 bits per heavy atom. The van der Waals surface area contributed by atoms with Crippen LogP contribution in [0.1, 0.15) is 32.1 Å². The van der Waals surface area contributed by atoms with E-state index in [0.29, 0.717) is 11.5 Å². The van der Waals surface area contributed by atoms with Crippen molar-refractivity contribution in [3.8, 4) is 0 Å². The summed E-state index contributed by atoms with van der Waals surface area (Å²) in [7, 11) is 0. The molecule has 100 valence electrons. The predicted octanol–water partition coefficient (Wildman–Crippen LogP) is 0.324. The van der Waals surface area contributed by atoms with E-state index in [4.69, 9.17) is 5.73 Å². The van der Waals surface area contributed by atoms with Crippen LogP contribution in [0, 0.1) is 17.3 Å². The molecule has 2 heterocycles. The first kappa shape index (κ1) is 11.2. The molecule has 0 aromatic rings. The molecule has 5 atom stereocenters. The quantitative estimate of drug-likeness (QED) is 0.757. The second-order valence-electron chi connectivity index (χ2n) is 7.09. The highest BCUT2D eigenvalue weighted by molar-refractivity contribution is 5.80. The van der Waals surface area contributed by atoms with Crippen LogP contribution in [0.5, 0.6) is 0 Å². The summed E-state index contributed by atoms with van der Waals surface area (Å²) in [6.07, 6.45) is 6.56. The number of carbonyl (C=O) groups is 1. The number of nitrogens with zero attached hydrogens (tertiary/aromatic N) is 1. The Labute approximate surface area is 108 Å². The average Bonchev–Trinajstić information content (AvgIpc) is 2.73. The number of hydrogen-bond acceptors (Lipinski definition) is 3. The van der Waals surface area contributed by atoms with Gasteiger partial charge in [0.2, 0.25) is 5.91 Å². The van der Waals surface area contributed by atoms with Crippen LogP contribution in [0.25, 0.3) is 0 Å². The number of fused-ring (bicyclic) bond motifs is 2. The average molecular weight is 249 g/mol. The van der Waals surface area contributed by atoms with Crippen LogP contribution in [0.3, 0.4) is 0 Å². The summed E-state index contributed by atoms with van der Waals surface area (Å²) in [6.45, 7) is 3.81. The monoisotopic (exact) mass is 249 g/mol. The van der Waals surface area contributed by atoms with Crippen LogP contribution in [0.15, 0.2) is 0 Å². The molecular formula is C14H23N3O. The van der Waals surface area contributed by atoms with Gasteiger partial charge in [-0.25, -0.2) is 0 Å². The fourth-order valence-corrected chi connectivity index (χ4v) is 4.85. The molecule has 18 heavy (non-hydrogen) atoms. The minimum atomic E-state index is -0.167. The molecule has 0 aromatic carbocycles. The van der Waals surface area contributed by atoms with Crippen LogP contribution >= 0.6 is 0 Å². The SMILES string of the molecule is NC(=O)C1CC2(CN3C[C@H]4CCC[C@H]4C3)CC2N1. The Morgan fingerprint density at radius 1 is 1.28 bits per heavy atom. The Hall–Kier alpha value is -0.610. The van der Waals surface area contributed by atoms with Crippen molar-refractivity contribution in [1.82, 2.24) is 10.2 Å². The minimum Gasteiger partial charge on any atom is -0.368 e. The van der Waals surface area contributed by atoms with Crippen LogP contribution in [0.4, 0.5) is 0 Å². The molecule has 0 radical (unpaired) electrons. The summed E-state index contributed by atoms with van der Waals surface area (Å²) in [5, 5.41) is 3.39. The molecule has 4 aliphatic rings. The number of nitrogens with one attached hydrogen (secondary N) is 1. The smallest absolute Gasteiger partial charge is 0.234 e. The highest BCUT2D eigenvalue weighted by Crippen LogP contribution is 2.55. The van der Waals surface area contributed by atoms with Crippen LogP contribution in [0.2, 0.25) is 0 Å². The van der Waals surface area contributed by atoms with Gasteiger partial charge in [0, 0.05) is 31.1 Å². The van der Waals surface area contributed by atoms with Crippen molar-refractivity contribution >= 4 is 5.91 Å². The Morgan fingerprint density at radius 3 is 2.61 bits per heavy atom. The number of rotatable bonds is 3. The van der Waals surface area contributed by atoms with E-state index in [1.807, 2.05) is 0 Å². The summed E-state index contributed by atoms with van der Waals surface area (Å²) in [5.41, 5.74) is 5.79. The van der Waals surface area contributed by atoms with Crippen LogP contribution < -0.4 is 11.1 Å². The van der Waals surface area contributed by atoms with Crippen molar-refractivity contribution < 1.29 is 4.79 Å². The maximum Gasteiger partial charge on any atom is 0.234 e. The second-order valence-corrected chi connectivity index (χ2v) is 7.09. The van der Waals surface area contributed by atoms with Crippen molar-refractivity contribution in [1.29, 1.82) is 0 Å². The molecule has 2 aliphatic heterocycles. The molecule has 0 aromatic heterocycles. The normalized spacial score (nSPS) is 50.2. The molecular weight excluding hydrogens is 226 g/mol. The van der Waals surface area contributed by atoms with E-state index in [0.717, 1.165) is 18.3 Å². The number of primary amides is 1. The number of hydrogen-bond donors (Lipinski definition) is 2. The third-order valence-corrected chi connectivity index (χ3v) is 5.89. The van der Waals surface area contributed by atoms with Gasteiger partial charge in [-0.15, -0.1) is 0 Å². The van der Waals surface area contributed by atoms with Gasteiger partial charge in [-0.05, 0) is 37.5 Å². The number of carbonyl (C=O) groups excluding carboxylic acids is 1. The lowest BCUT2D eigenvalue weighted by Crippen LogP contribution is -2.38. The number of amides is 1. The third-order valence-electron chi connectivity index (χ3n) is 5.89. The van der Waals surface area contributed by atoms with Crippen molar-refractivity contribution in [2.75, 3.05) is 19.6 Å². The van der Waals surface area contributed by atoms with Crippen molar-refractivity contribution in [3.63, 3.8) is 0 Å². The zero-order chi connectivity index (χ0) is 12.3. The molecule has 1 amide bonds. The molecule has 4 heteroatoms. The van der Waals surface area contributed by atoms with Gasteiger partial charge in [0.15, 0.2) is 0 Å². The molecule has 3 N–H and O–H groups in total. The topological polar surface area (TPSA) is 58.4 Å². The fourth-order valence-electron chi connectivity index (χ4n) is 4.85. The maximum absolute atomic E-state index is 11.3. The molecule has 4 nitrogen and oxygen atoms in total. The number of piperidine rings is 1. The van der Waals surface area contributed by atoms with Gasteiger partial charge in [0.1, 0.15) is 0 Å². The molecule has 4 rings (SSSR count). The van der Waals surface area contributed by atoms with E-state index in [-0.39, 0.29) is 11.9 Å². The summed E-state index contributed by atoms with van der Waals surface area (Å²) in [5.74, 6) is 1.78. The summed E-state index contributed by atoms with van der Waals surface area (Å²) >= 11 is 0. The van der Waals surface area contributed by atoms with E-state index in [9.17, 15) is 4.79 Å². The van der Waals surface area contributed by atoms with Gasteiger partial charge < -0.3 is 16.0 Å². The first-order valence-corrected chi connectivity index (χ1v) is 7.44. The largest absolute Gasteiger partial charge is 0.368 e. The van der Waals surface area contributed by atoms with Gasteiger partial charge in [0.05, 0.1) is 6.04 Å². The van der Waals surface area contributed by atoms with Gasteiger partial charge in [0.25, 0.3) is 0 Å². The zero-order valence-electron chi connectivity index (χ0n) is 10.9. The third kappa shape index (κ3) is 1.62. The molecule has 2 aliphatic carbocycles. The van der Waals surface area contributed by atoms with E-state index in [2.05, 4.69) is 10.2 Å². The van der Waals surface area contributed by atoms with Crippen LogP contribution in [-0.2, 0) is 4.79 Å². The minimum absolute atomic E-state index is 0.0640. The lowest BCUT2D eigenvalue weighted by atomic mass is 9.98. The summed E-state index contributed by atoms with van der Waals surface area (Å²) in [4.78, 5) is 13.9. The highest BCUT2D eigenvalue weighted by Gasteiger charge is 2.62. The molecule has 2 saturated carbocycles. The second kappa shape index (κ2) is 3.70. The molecule has 3 unspecified atom stereocenters. The van der Waals surface area contributed by atoms with E-state index in [1.54, 1.807) is 0 Å². The van der Waals surface area contributed by atoms with Gasteiger partial charge in [-0.2, -0.15) is 0 Å². The first-order chi connectivity index (χ1) is 8.66. The number of likely N-dealkylation sites (tertiary alicyclic amines) is 1. The first-order valence-electron chi connectivity index (χ1n) is 7.44. The molecule has 0 bridgehead atoms. The molecule has 0 spiro atoms. The lowest BCUT2D eigenvalue weighted by molar-refractivity contribution is -0.120. The Kier molecular flexibility index (Phi) is 2.31. The van der Waals surface area contributed by atoms with E-state index < -0.39 is 0 Å². The van der Waals surface area contributed by atoms with Gasteiger partial charge in [-0.1, -0.05) is 6.42 Å². The maximum atomic E-state index is 11.3. The predicted molar refractivity (Wildman–Crippen MR) is 68.8 cm³/mol. The summed E-state index contributed by atoms with van der Waals surface area (Å²) in [6, 6.07) is 0.501. The van der Waals surface area contributed by atoms with E-state index in [1.165, 1.54) is 45.3 Å². The van der Waals surface area contributed by atoms with Crippen molar-refractivity contribution in [2.45, 2.75) is 44.2 Å². The Bertz CT molecular complexity index is 373. The standard InChI is InChI=1S/C14H23N3O/c15-13(18)11-4-14(5-12(14)16-11)8-17-6-9-2-1-3-10(9)7-17/h9-12,16H,1-8H2,(H2,15,18)/t9-,10+,11?,12?,14?.